The summed E-state index contributed by atoms with van der Waals surface area (Å²) in [5.41, 5.74) is 0.605. The zero-order valence-electron chi connectivity index (χ0n) is 13.9. The Kier molecular flexibility index (Phi) is 6.09. The van der Waals surface area contributed by atoms with Crippen molar-refractivity contribution >= 4 is 39.8 Å². The van der Waals surface area contributed by atoms with Crippen LogP contribution in [0.2, 0.25) is 0 Å². The number of halogens is 1. The van der Waals surface area contributed by atoms with Gasteiger partial charge in [-0.15, -0.1) is 10.2 Å². The Hall–Kier alpha value is -1.87. The zero-order valence-corrected chi connectivity index (χ0v) is 15.6. The third-order valence-electron chi connectivity index (χ3n) is 3.88. The van der Waals surface area contributed by atoms with Crippen molar-refractivity contribution in [3.63, 3.8) is 0 Å². The first-order chi connectivity index (χ1) is 12.2. The van der Waals surface area contributed by atoms with E-state index in [4.69, 9.17) is 0 Å². The summed E-state index contributed by atoms with van der Waals surface area (Å²) in [5, 5.41) is 12.0. The molecule has 1 aliphatic rings. The Morgan fingerprint density at radius 2 is 2.04 bits per heavy atom. The fourth-order valence-corrected chi connectivity index (χ4v) is 4.33. The molecule has 3 rings (SSSR count). The van der Waals surface area contributed by atoms with Crippen LogP contribution in [0.4, 0.5) is 15.2 Å². The summed E-state index contributed by atoms with van der Waals surface area (Å²) in [5.74, 6) is 0.212. The van der Waals surface area contributed by atoms with Crippen molar-refractivity contribution in [2.75, 3.05) is 48.7 Å². The normalized spacial score (nSPS) is 14.6. The topological polar surface area (TPSA) is 61.4 Å². The Labute approximate surface area is 154 Å². The number of nitrogens with one attached hydrogen (secondary N) is 1. The molecule has 6 nitrogen and oxygen atoms in total. The van der Waals surface area contributed by atoms with E-state index in [1.165, 1.54) is 29.2 Å². The first-order valence-corrected chi connectivity index (χ1v) is 9.95. The summed E-state index contributed by atoms with van der Waals surface area (Å²) < 4.78 is 14.6. The number of anilines is 2. The summed E-state index contributed by atoms with van der Waals surface area (Å²) in [6.45, 7) is 5.28. The number of piperazine rings is 1. The number of rotatable bonds is 6. The zero-order chi connectivity index (χ0) is 17.6. The van der Waals surface area contributed by atoms with Crippen LogP contribution in [0.15, 0.2) is 28.6 Å². The van der Waals surface area contributed by atoms with E-state index in [0.29, 0.717) is 37.6 Å². The number of benzene rings is 1. The monoisotopic (exact) mass is 381 g/mol. The molecule has 1 aliphatic heterocycles. The van der Waals surface area contributed by atoms with E-state index in [9.17, 15) is 9.18 Å². The van der Waals surface area contributed by atoms with Gasteiger partial charge in [-0.2, -0.15) is 0 Å². The highest BCUT2D eigenvalue weighted by molar-refractivity contribution is 8.01. The number of thioether (sulfide) groups is 1. The number of hydrogen-bond donors (Lipinski definition) is 1. The summed E-state index contributed by atoms with van der Waals surface area (Å²) in [6.07, 6.45) is 0. The van der Waals surface area contributed by atoms with E-state index in [1.54, 1.807) is 12.1 Å². The lowest BCUT2D eigenvalue weighted by Crippen LogP contribution is -2.49. The maximum atomic E-state index is 13.9. The van der Waals surface area contributed by atoms with Gasteiger partial charge in [0.2, 0.25) is 11.0 Å². The lowest BCUT2D eigenvalue weighted by atomic mass is 10.2. The molecule has 1 saturated heterocycles. The molecule has 9 heteroatoms. The van der Waals surface area contributed by atoms with E-state index in [1.807, 2.05) is 22.8 Å². The molecule has 0 spiro atoms. The molecule has 0 unspecified atom stereocenters. The van der Waals surface area contributed by atoms with Gasteiger partial charge in [-0.05, 0) is 19.1 Å². The maximum Gasteiger partial charge on any atom is 0.233 e. The molecule has 134 valence electrons. The van der Waals surface area contributed by atoms with Crippen LogP contribution in [0.5, 0.6) is 0 Å². The van der Waals surface area contributed by atoms with E-state index in [0.717, 1.165) is 16.0 Å². The van der Waals surface area contributed by atoms with Crippen LogP contribution >= 0.6 is 23.1 Å². The second-order valence-corrected chi connectivity index (χ2v) is 7.71. The highest BCUT2D eigenvalue weighted by Crippen LogP contribution is 2.26. The van der Waals surface area contributed by atoms with Gasteiger partial charge >= 0.3 is 0 Å². The van der Waals surface area contributed by atoms with Crippen LogP contribution in [0.1, 0.15) is 6.92 Å². The van der Waals surface area contributed by atoms with E-state index >= 15 is 0 Å². The molecule has 1 aromatic carbocycles. The number of hydrogen-bond acceptors (Lipinski definition) is 7. The second-order valence-electron chi connectivity index (χ2n) is 5.51. The van der Waals surface area contributed by atoms with Gasteiger partial charge in [-0.1, -0.05) is 35.2 Å². The molecule has 25 heavy (non-hydrogen) atoms. The van der Waals surface area contributed by atoms with Gasteiger partial charge in [0.15, 0.2) is 4.34 Å². The van der Waals surface area contributed by atoms with Gasteiger partial charge in [0.05, 0.1) is 11.4 Å². The first kappa shape index (κ1) is 17.9. The summed E-state index contributed by atoms with van der Waals surface area (Å²) >= 11 is 2.86. The predicted molar refractivity (Wildman–Crippen MR) is 100.0 cm³/mol. The number of amides is 1. The molecule has 0 bridgehead atoms. The van der Waals surface area contributed by atoms with Gasteiger partial charge < -0.3 is 15.1 Å². The minimum absolute atomic E-state index is 0.0818. The SMILES string of the molecule is CCNc1nnc(SCC(=O)N2CCN(c3ccccc3F)CC2)s1. The average Bonchev–Trinajstić information content (AvgIpc) is 3.08. The van der Waals surface area contributed by atoms with Gasteiger partial charge in [0, 0.05) is 32.7 Å². The van der Waals surface area contributed by atoms with Crippen molar-refractivity contribution < 1.29 is 9.18 Å². The quantitative estimate of drug-likeness (QED) is 0.776. The van der Waals surface area contributed by atoms with Gasteiger partial charge in [-0.3, -0.25) is 4.79 Å². The largest absolute Gasteiger partial charge is 0.366 e. The van der Waals surface area contributed by atoms with Crippen molar-refractivity contribution in [3.05, 3.63) is 30.1 Å². The number of carbonyl (C=O) groups is 1. The number of nitrogens with zero attached hydrogens (tertiary/aromatic N) is 4. The lowest BCUT2D eigenvalue weighted by Gasteiger charge is -2.36. The van der Waals surface area contributed by atoms with Gasteiger partial charge in [0.1, 0.15) is 5.82 Å². The molecule has 0 radical (unpaired) electrons. The minimum atomic E-state index is -0.217. The highest BCUT2D eigenvalue weighted by Gasteiger charge is 2.23. The van der Waals surface area contributed by atoms with E-state index < -0.39 is 0 Å². The summed E-state index contributed by atoms with van der Waals surface area (Å²) in [7, 11) is 0. The molecule has 1 amide bonds. The number of carbonyl (C=O) groups excluding carboxylic acids is 1. The van der Waals surface area contributed by atoms with Crippen LogP contribution in [0.3, 0.4) is 0 Å². The summed E-state index contributed by atoms with van der Waals surface area (Å²) in [6, 6.07) is 6.76. The standard InChI is InChI=1S/C16H20FN5OS2/c1-2-18-15-19-20-16(25-15)24-11-14(23)22-9-7-21(8-10-22)13-6-4-3-5-12(13)17/h3-6H,2,7-11H2,1H3,(H,18,19). The molecular formula is C16H20FN5OS2. The molecule has 0 saturated carbocycles. The average molecular weight is 382 g/mol. The number of aromatic nitrogens is 2. The van der Waals surface area contributed by atoms with Crippen molar-refractivity contribution in [2.24, 2.45) is 0 Å². The van der Waals surface area contributed by atoms with Crippen LogP contribution in [-0.2, 0) is 4.79 Å². The minimum Gasteiger partial charge on any atom is -0.366 e. The molecule has 0 atom stereocenters. The van der Waals surface area contributed by atoms with Crippen LogP contribution in [-0.4, -0.2) is 59.5 Å². The molecule has 1 fully saturated rings. The fraction of sp³-hybridized carbons (Fsp3) is 0.438. The van der Waals surface area contributed by atoms with Crippen molar-refractivity contribution in [3.8, 4) is 0 Å². The highest BCUT2D eigenvalue weighted by atomic mass is 32.2. The van der Waals surface area contributed by atoms with Crippen molar-refractivity contribution in [1.82, 2.24) is 15.1 Å². The Balaban J connectivity index is 1.47. The smallest absolute Gasteiger partial charge is 0.233 e. The first-order valence-electron chi connectivity index (χ1n) is 8.15. The Morgan fingerprint density at radius 3 is 2.76 bits per heavy atom. The van der Waals surface area contributed by atoms with Crippen molar-refractivity contribution in [2.45, 2.75) is 11.3 Å². The molecule has 1 aromatic heterocycles. The maximum absolute atomic E-state index is 13.9. The Bertz CT molecular complexity index is 718. The van der Waals surface area contributed by atoms with Crippen LogP contribution in [0.25, 0.3) is 0 Å². The van der Waals surface area contributed by atoms with Crippen molar-refractivity contribution in [1.29, 1.82) is 0 Å². The van der Waals surface area contributed by atoms with Crippen LogP contribution in [0, 0.1) is 5.82 Å². The van der Waals surface area contributed by atoms with E-state index in [2.05, 4.69) is 15.5 Å². The predicted octanol–water partition coefficient (Wildman–Crippen LogP) is 2.55. The molecule has 0 aliphatic carbocycles. The molecule has 1 N–H and O–H groups in total. The lowest BCUT2D eigenvalue weighted by molar-refractivity contribution is -0.128. The fourth-order valence-electron chi connectivity index (χ4n) is 2.61. The third kappa shape index (κ3) is 4.60. The molecular weight excluding hydrogens is 361 g/mol. The van der Waals surface area contributed by atoms with Gasteiger partial charge in [-0.25, -0.2) is 4.39 Å². The summed E-state index contributed by atoms with van der Waals surface area (Å²) in [4.78, 5) is 16.2. The van der Waals surface area contributed by atoms with E-state index in [-0.39, 0.29) is 11.7 Å². The molecule has 2 aromatic rings. The Morgan fingerprint density at radius 1 is 1.28 bits per heavy atom. The number of para-hydroxylation sites is 1. The van der Waals surface area contributed by atoms with Gasteiger partial charge in [0.25, 0.3) is 0 Å². The van der Waals surface area contributed by atoms with Crippen LogP contribution < -0.4 is 10.2 Å². The second kappa shape index (κ2) is 8.48. The third-order valence-corrected chi connectivity index (χ3v) is 5.88. The molecule has 2 heterocycles.